The van der Waals surface area contributed by atoms with Gasteiger partial charge in [0.2, 0.25) is 0 Å². The van der Waals surface area contributed by atoms with Crippen LogP contribution in [0.2, 0.25) is 0 Å². The third kappa shape index (κ3) is 4.37. The van der Waals surface area contributed by atoms with Crippen molar-refractivity contribution in [2.45, 2.75) is 40.2 Å². The van der Waals surface area contributed by atoms with Crippen molar-refractivity contribution in [3.8, 4) is 16.3 Å². The fourth-order valence-electron chi connectivity index (χ4n) is 3.01. The molecule has 0 aliphatic rings. The predicted octanol–water partition coefficient (Wildman–Crippen LogP) is 4.49. The molecule has 140 valence electrons. The van der Waals surface area contributed by atoms with Crippen molar-refractivity contribution in [2.75, 3.05) is 0 Å². The van der Waals surface area contributed by atoms with E-state index in [0.29, 0.717) is 23.2 Å². The van der Waals surface area contributed by atoms with E-state index in [1.54, 1.807) is 6.92 Å². The average molecular weight is 380 g/mol. The third-order valence-electron chi connectivity index (χ3n) is 4.45. The number of aromatic nitrogens is 1. The molecule has 3 rings (SSSR count). The van der Waals surface area contributed by atoms with Crippen LogP contribution in [0.5, 0.6) is 5.75 Å². The van der Waals surface area contributed by atoms with Gasteiger partial charge in [0.25, 0.3) is 0 Å². The number of benzene rings is 2. The van der Waals surface area contributed by atoms with E-state index in [4.69, 9.17) is 4.74 Å². The Bertz CT molecular complexity index is 958. The second-order valence-corrected chi connectivity index (χ2v) is 7.88. The molecule has 0 amide bonds. The summed E-state index contributed by atoms with van der Waals surface area (Å²) < 4.78 is 5.91. The molecule has 5 heteroatoms. The van der Waals surface area contributed by atoms with Gasteiger partial charge in [0, 0.05) is 5.56 Å². The number of carboxylic acids is 1. The molecule has 2 aromatic carbocycles. The van der Waals surface area contributed by atoms with E-state index in [-0.39, 0.29) is 4.88 Å². The lowest BCUT2D eigenvalue weighted by atomic mass is 9.98. The summed E-state index contributed by atoms with van der Waals surface area (Å²) in [4.78, 5) is 15.6. The molecular weight excluding hydrogens is 358 g/mol. The van der Waals surface area contributed by atoms with Crippen LogP contribution in [0.4, 0.5) is 0 Å². The van der Waals surface area contributed by atoms with Crippen LogP contribution in [0.25, 0.3) is 10.6 Å². The van der Waals surface area contributed by atoms with Gasteiger partial charge >= 0.3 is 0 Å². The van der Waals surface area contributed by atoms with Gasteiger partial charge in [-0.25, -0.2) is 4.98 Å². The second-order valence-electron chi connectivity index (χ2n) is 6.88. The minimum Gasteiger partial charge on any atom is -0.544 e. The fourth-order valence-corrected chi connectivity index (χ4v) is 3.91. The number of aromatic carboxylic acids is 1. The average Bonchev–Trinajstić information content (AvgIpc) is 3.02. The highest BCUT2D eigenvalue weighted by Crippen LogP contribution is 2.28. The summed E-state index contributed by atoms with van der Waals surface area (Å²) in [7, 11) is 0. The molecule has 0 atom stereocenters. The van der Waals surface area contributed by atoms with Gasteiger partial charge in [-0.05, 0) is 48.6 Å². The van der Waals surface area contributed by atoms with Gasteiger partial charge in [-0.2, -0.15) is 0 Å². The predicted molar refractivity (Wildman–Crippen MR) is 106 cm³/mol. The number of rotatable bonds is 6. The molecule has 0 bridgehead atoms. The van der Waals surface area contributed by atoms with Crippen LogP contribution in [0.3, 0.4) is 0 Å². The van der Waals surface area contributed by atoms with Crippen LogP contribution in [-0.4, -0.2) is 11.0 Å². The first-order chi connectivity index (χ1) is 12.8. The van der Waals surface area contributed by atoms with E-state index >= 15 is 0 Å². The SMILES string of the molecule is Cc1cc(OCc2ccc(-c3nc(C)c(C(=O)[O-])s3)cc2)ccc1C(C)C. The number of carbonyl (C=O) groups excluding carboxylic acids is 1. The van der Waals surface area contributed by atoms with Gasteiger partial charge in [-0.3, -0.25) is 0 Å². The molecule has 0 spiro atoms. The van der Waals surface area contributed by atoms with Gasteiger partial charge in [-0.15, -0.1) is 11.3 Å². The van der Waals surface area contributed by atoms with Crippen molar-refractivity contribution in [1.82, 2.24) is 4.98 Å². The lowest BCUT2D eigenvalue weighted by Gasteiger charge is -2.12. The summed E-state index contributed by atoms with van der Waals surface area (Å²) in [6, 6.07) is 14.0. The zero-order chi connectivity index (χ0) is 19.6. The molecule has 0 aliphatic carbocycles. The Morgan fingerprint density at radius 1 is 1.15 bits per heavy atom. The van der Waals surface area contributed by atoms with Gasteiger partial charge in [0.15, 0.2) is 0 Å². The van der Waals surface area contributed by atoms with E-state index in [1.165, 1.54) is 11.1 Å². The second kappa shape index (κ2) is 7.92. The Balaban J connectivity index is 1.68. The maximum atomic E-state index is 11.1. The van der Waals surface area contributed by atoms with Crippen LogP contribution in [-0.2, 0) is 6.61 Å². The fraction of sp³-hybridized carbons (Fsp3) is 0.273. The first-order valence-electron chi connectivity index (χ1n) is 8.86. The molecule has 27 heavy (non-hydrogen) atoms. The summed E-state index contributed by atoms with van der Waals surface area (Å²) in [5, 5.41) is 11.7. The van der Waals surface area contributed by atoms with E-state index in [1.807, 2.05) is 30.3 Å². The third-order valence-corrected chi connectivity index (χ3v) is 5.64. The van der Waals surface area contributed by atoms with E-state index in [0.717, 1.165) is 28.2 Å². The molecule has 0 saturated carbocycles. The summed E-state index contributed by atoms with van der Waals surface area (Å²) in [6.07, 6.45) is 0. The molecule has 0 N–H and O–H groups in total. The van der Waals surface area contributed by atoms with Crippen molar-refractivity contribution in [3.63, 3.8) is 0 Å². The van der Waals surface area contributed by atoms with E-state index in [9.17, 15) is 9.90 Å². The molecule has 0 unspecified atom stereocenters. The van der Waals surface area contributed by atoms with Crippen LogP contribution < -0.4 is 9.84 Å². The number of aryl methyl sites for hydroxylation is 2. The number of nitrogens with zero attached hydrogens (tertiary/aromatic N) is 1. The number of carbonyl (C=O) groups is 1. The summed E-state index contributed by atoms with van der Waals surface area (Å²) >= 11 is 1.14. The lowest BCUT2D eigenvalue weighted by Crippen LogP contribution is -2.21. The Morgan fingerprint density at radius 3 is 2.41 bits per heavy atom. The highest BCUT2D eigenvalue weighted by molar-refractivity contribution is 7.17. The van der Waals surface area contributed by atoms with Crippen molar-refractivity contribution in [2.24, 2.45) is 0 Å². The molecule has 0 saturated heterocycles. The zero-order valence-electron chi connectivity index (χ0n) is 15.9. The first kappa shape index (κ1) is 19.1. The Kier molecular flexibility index (Phi) is 5.61. The van der Waals surface area contributed by atoms with Crippen LogP contribution in [0.1, 0.15) is 51.8 Å². The maximum absolute atomic E-state index is 11.1. The van der Waals surface area contributed by atoms with Crippen LogP contribution in [0.15, 0.2) is 42.5 Å². The molecule has 1 aromatic heterocycles. The lowest BCUT2D eigenvalue weighted by molar-refractivity contribution is -0.254. The normalized spacial score (nSPS) is 11.0. The van der Waals surface area contributed by atoms with Crippen molar-refractivity contribution in [1.29, 1.82) is 0 Å². The smallest absolute Gasteiger partial charge is 0.124 e. The van der Waals surface area contributed by atoms with Crippen molar-refractivity contribution < 1.29 is 14.6 Å². The first-order valence-corrected chi connectivity index (χ1v) is 9.68. The van der Waals surface area contributed by atoms with Crippen molar-refractivity contribution >= 4 is 17.3 Å². The van der Waals surface area contributed by atoms with Gasteiger partial charge in [0.05, 0.1) is 16.5 Å². The number of hydrogen-bond acceptors (Lipinski definition) is 5. The van der Waals surface area contributed by atoms with Gasteiger partial charge in [0.1, 0.15) is 17.4 Å². The Morgan fingerprint density at radius 2 is 1.85 bits per heavy atom. The maximum Gasteiger partial charge on any atom is 0.124 e. The molecular formula is C22H22NO3S-. The zero-order valence-corrected chi connectivity index (χ0v) is 16.7. The topological polar surface area (TPSA) is 62.2 Å². The standard InChI is InChI=1S/C22H23NO3S/c1-13(2)19-10-9-18(11-14(19)3)26-12-16-5-7-17(8-6-16)21-23-15(4)20(27-21)22(24)25/h5-11,13H,12H2,1-4H3,(H,24,25)/p-1. The molecule has 3 aromatic rings. The molecule has 4 nitrogen and oxygen atoms in total. The number of thiazole rings is 1. The van der Waals surface area contributed by atoms with Gasteiger partial charge < -0.3 is 14.6 Å². The van der Waals surface area contributed by atoms with E-state index < -0.39 is 5.97 Å². The minimum absolute atomic E-state index is 0.178. The minimum atomic E-state index is -1.18. The highest BCUT2D eigenvalue weighted by atomic mass is 32.1. The number of hydrogen-bond donors (Lipinski definition) is 0. The highest BCUT2D eigenvalue weighted by Gasteiger charge is 2.10. The number of ether oxygens (including phenoxy) is 1. The number of carboxylic acid groups (broad SMARTS) is 1. The monoisotopic (exact) mass is 380 g/mol. The van der Waals surface area contributed by atoms with Crippen LogP contribution >= 0.6 is 11.3 Å². The summed E-state index contributed by atoms with van der Waals surface area (Å²) in [5.74, 6) is 0.175. The molecule has 0 fully saturated rings. The molecule has 1 heterocycles. The van der Waals surface area contributed by atoms with Crippen molar-refractivity contribution in [3.05, 3.63) is 69.7 Å². The quantitative estimate of drug-likeness (QED) is 0.632. The summed E-state index contributed by atoms with van der Waals surface area (Å²) in [5.41, 5.74) is 4.99. The molecule has 0 aliphatic heterocycles. The van der Waals surface area contributed by atoms with Gasteiger partial charge in [-0.1, -0.05) is 44.2 Å². The largest absolute Gasteiger partial charge is 0.544 e. The van der Waals surface area contributed by atoms with E-state index in [2.05, 4.69) is 37.9 Å². The Hall–Kier alpha value is -2.66. The Labute approximate surface area is 163 Å². The van der Waals surface area contributed by atoms with Crippen LogP contribution in [0, 0.1) is 13.8 Å². The summed E-state index contributed by atoms with van der Waals surface area (Å²) in [6.45, 7) is 8.63. The molecule has 0 radical (unpaired) electrons.